The first-order chi connectivity index (χ1) is 4.24. The second kappa shape index (κ2) is 3.75. The molecule has 0 fully saturated rings. The standard InChI is InChI=1S/C6H10F3/c1-2-6(3-7,4-8)5-9/h2H,3-5H2,1H3. The fraction of sp³-hybridized carbons (Fsp3) is 0.833. The van der Waals surface area contributed by atoms with E-state index in [1.54, 1.807) is 0 Å². The van der Waals surface area contributed by atoms with Crippen molar-refractivity contribution in [2.75, 3.05) is 20.0 Å². The Morgan fingerprint density at radius 2 is 1.44 bits per heavy atom. The molecular formula is C6H10F3. The average Bonchev–Trinajstić information content (AvgIpc) is 1.95. The van der Waals surface area contributed by atoms with E-state index in [1.165, 1.54) is 13.3 Å². The van der Waals surface area contributed by atoms with Crippen LogP contribution in [0.25, 0.3) is 0 Å². The Hall–Kier alpha value is -0.210. The molecule has 0 spiro atoms. The van der Waals surface area contributed by atoms with E-state index < -0.39 is 25.4 Å². The fourth-order valence-electron chi connectivity index (χ4n) is 0.339. The van der Waals surface area contributed by atoms with E-state index >= 15 is 0 Å². The van der Waals surface area contributed by atoms with Gasteiger partial charge in [-0.15, -0.1) is 0 Å². The summed E-state index contributed by atoms with van der Waals surface area (Å²) in [5, 5.41) is 0. The van der Waals surface area contributed by atoms with Crippen LogP contribution in [0.3, 0.4) is 0 Å². The van der Waals surface area contributed by atoms with Gasteiger partial charge in [0.25, 0.3) is 0 Å². The van der Waals surface area contributed by atoms with Crippen molar-refractivity contribution in [2.24, 2.45) is 5.41 Å². The van der Waals surface area contributed by atoms with Gasteiger partial charge in [-0.2, -0.15) is 0 Å². The third-order valence-corrected chi connectivity index (χ3v) is 1.41. The van der Waals surface area contributed by atoms with Crippen LogP contribution in [0.1, 0.15) is 6.92 Å². The van der Waals surface area contributed by atoms with Crippen molar-refractivity contribution >= 4 is 0 Å². The van der Waals surface area contributed by atoms with Crippen LogP contribution in [0.2, 0.25) is 0 Å². The van der Waals surface area contributed by atoms with Crippen LogP contribution in [0, 0.1) is 11.8 Å². The van der Waals surface area contributed by atoms with Gasteiger partial charge >= 0.3 is 0 Å². The Morgan fingerprint density at radius 3 is 1.44 bits per heavy atom. The van der Waals surface area contributed by atoms with Gasteiger partial charge in [0.15, 0.2) is 0 Å². The molecule has 0 aliphatic carbocycles. The maximum absolute atomic E-state index is 11.8. The predicted octanol–water partition coefficient (Wildman–Crippen LogP) is 2.11. The molecule has 0 aromatic rings. The van der Waals surface area contributed by atoms with Crippen molar-refractivity contribution in [1.82, 2.24) is 0 Å². The quantitative estimate of drug-likeness (QED) is 0.559. The van der Waals surface area contributed by atoms with Crippen LogP contribution < -0.4 is 0 Å². The number of halogens is 3. The molecule has 0 rings (SSSR count). The van der Waals surface area contributed by atoms with Crippen LogP contribution in [0.15, 0.2) is 0 Å². The van der Waals surface area contributed by atoms with Gasteiger partial charge in [0.1, 0.15) is 20.0 Å². The highest BCUT2D eigenvalue weighted by molar-refractivity contribution is 4.88. The summed E-state index contributed by atoms with van der Waals surface area (Å²) in [6, 6.07) is 0. The van der Waals surface area contributed by atoms with Gasteiger partial charge in [-0.1, -0.05) is 6.92 Å². The lowest BCUT2D eigenvalue weighted by Gasteiger charge is -2.20. The fourth-order valence-corrected chi connectivity index (χ4v) is 0.339. The summed E-state index contributed by atoms with van der Waals surface area (Å²) in [6.45, 7) is -1.43. The summed E-state index contributed by atoms with van der Waals surface area (Å²) >= 11 is 0. The van der Waals surface area contributed by atoms with Gasteiger partial charge in [0, 0.05) is 0 Å². The first-order valence-corrected chi connectivity index (χ1v) is 2.73. The molecular weight excluding hydrogens is 129 g/mol. The number of hydrogen-bond acceptors (Lipinski definition) is 0. The van der Waals surface area contributed by atoms with Crippen molar-refractivity contribution in [3.63, 3.8) is 0 Å². The molecule has 0 saturated heterocycles. The molecule has 3 heteroatoms. The third-order valence-electron chi connectivity index (χ3n) is 1.41. The first-order valence-electron chi connectivity index (χ1n) is 2.73. The zero-order valence-electron chi connectivity index (χ0n) is 5.33. The van der Waals surface area contributed by atoms with Gasteiger partial charge in [-0.3, -0.25) is 13.2 Å². The number of hydrogen-bond donors (Lipinski definition) is 0. The molecule has 0 N–H and O–H groups in total. The summed E-state index contributed by atoms with van der Waals surface area (Å²) in [4.78, 5) is 0. The molecule has 0 nitrogen and oxygen atoms in total. The molecule has 0 atom stereocenters. The van der Waals surface area contributed by atoms with E-state index in [4.69, 9.17) is 0 Å². The van der Waals surface area contributed by atoms with Crippen LogP contribution in [0.5, 0.6) is 0 Å². The Morgan fingerprint density at radius 1 is 1.11 bits per heavy atom. The van der Waals surface area contributed by atoms with Gasteiger partial charge in [0.05, 0.1) is 5.41 Å². The average molecular weight is 139 g/mol. The van der Waals surface area contributed by atoms with E-state index in [-0.39, 0.29) is 0 Å². The van der Waals surface area contributed by atoms with Crippen molar-refractivity contribution in [1.29, 1.82) is 0 Å². The second-order valence-electron chi connectivity index (χ2n) is 2.05. The molecule has 55 valence electrons. The summed E-state index contributed by atoms with van der Waals surface area (Å²) in [6.07, 6.45) is 1.23. The van der Waals surface area contributed by atoms with Gasteiger partial charge < -0.3 is 0 Å². The topological polar surface area (TPSA) is 0 Å². The maximum Gasteiger partial charge on any atom is 0.100 e. The molecule has 0 aromatic heterocycles. The van der Waals surface area contributed by atoms with Crippen LogP contribution in [-0.2, 0) is 0 Å². The molecule has 0 heterocycles. The zero-order chi connectivity index (χ0) is 7.33. The molecule has 0 saturated carbocycles. The molecule has 0 aliphatic rings. The van der Waals surface area contributed by atoms with Crippen molar-refractivity contribution in [2.45, 2.75) is 6.92 Å². The van der Waals surface area contributed by atoms with Crippen molar-refractivity contribution < 1.29 is 13.2 Å². The van der Waals surface area contributed by atoms with Gasteiger partial charge in [-0.05, 0) is 6.42 Å². The lowest BCUT2D eigenvalue weighted by molar-refractivity contribution is 0.147. The number of rotatable bonds is 4. The summed E-state index contributed by atoms with van der Waals surface area (Å²) in [5.74, 6) is 0. The zero-order valence-corrected chi connectivity index (χ0v) is 5.33. The highest BCUT2D eigenvalue weighted by atomic mass is 19.1. The highest BCUT2D eigenvalue weighted by Gasteiger charge is 2.28. The maximum atomic E-state index is 11.8. The molecule has 9 heavy (non-hydrogen) atoms. The molecule has 1 radical (unpaired) electrons. The van der Waals surface area contributed by atoms with E-state index in [9.17, 15) is 13.2 Å². The summed E-state index contributed by atoms with van der Waals surface area (Å²) < 4.78 is 35.4. The highest BCUT2D eigenvalue weighted by Crippen LogP contribution is 2.22. The molecule has 0 aromatic carbocycles. The lowest BCUT2D eigenvalue weighted by Crippen LogP contribution is -2.28. The van der Waals surface area contributed by atoms with E-state index in [2.05, 4.69) is 0 Å². The van der Waals surface area contributed by atoms with Crippen LogP contribution in [-0.4, -0.2) is 20.0 Å². The van der Waals surface area contributed by atoms with Gasteiger partial charge in [-0.25, -0.2) is 0 Å². The summed E-state index contributed by atoms with van der Waals surface area (Å²) in [5.41, 5.74) is -1.46. The Labute approximate surface area is 53.1 Å². The largest absolute Gasteiger partial charge is 0.250 e. The normalized spacial score (nSPS) is 12.0. The lowest BCUT2D eigenvalue weighted by atomic mass is 9.90. The SMILES string of the molecule is C[CH]C(CF)(CF)CF. The molecule has 0 unspecified atom stereocenters. The van der Waals surface area contributed by atoms with Crippen molar-refractivity contribution in [3.05, 3.63) is 6.42 Å². The summed E-state index contributed by atoms with van der Waals surface area (Å²) in [7, 11) is 0. The van der Waals surface area contributed by atoms with Crippen LogP contribution in [0.4, 0.5) is 13.2 Å². The monoisotopic (exact) mass is 139 g/mol. The minimum Gasteiger partial charge on any atom is -0.250 e. The molecule has 0 bridgehead atoms. The Kier molecular flexibility index (Phi) is 3.66. The van der Waals surface area contributed by atoms with E-state index in [0.29, 0.717) is 0 Å². The molecule has 0 aliphatic heterocycles. The molecule has 0 amide bonds. The predicted molar refractivity (Wildman–Crippen MR) is 30.3 cm³/mol. The van der Waals surface area contributed by atoms with Crippen molar-refractivity contribution in [3.8, 4) is 0 Å². The smallest absolute Gasteiger partial charge is 0.100 e. The van der Waals surface area contributed by atoms with E-state index in [1.807, 2.05) is 0 Å². The number of alkyl halides is 3. The first kappa shape index (κ1) is 8.79. The Bertz CT molecular complexity index is 51.2. The Balaban J connectivity index is 3.82. The third kappa shape index (κ3) is 1.88. The minimum absolute atomic E-state index is 0.962. The van der Waals surface area contributed by atoms with Crippen LogP contribution >= 0.6 is 0 Å². The van der Waals surface area contributed by atoms with E-state index in [0.717, 1.165) is 0 Å². The second-order valence-corrected chi connectivity index (χ2v) is 2.05. The van der Waals surface area contributed by atoms with Gasteiger partial charge in [0.2, 0.25) is 0 Å². The minimum atomic E-state index is -1.46.